The van der Waals surface area contributed by atoms with E-state index in [2.05, 4.69) is 16.3 Å². The summed E-state index contributed by atoms with van der Waals surface area (Å²) in [4.78, 5) is 14.1. The van der Waals surface area contributed by atoms with Gasteiger partial charge in [-0.15, -0.1) is 0 Å². The van der Waals surface area contributed by atoms with Crippen molar-refractivity contribution in [3.8, 4) is 6.07 Å². The minimum atomic E-state index is -0.253. The number of nitrogens with one attached hydrogen (secondary N) is 1. The van der Waals surface area contributed by atoms with Gasteiger partial charge >= 0.3 is 0 Å². The quantitative estimate of drug-likeness (QED) is 0.748. The average molecular weight is 251 g/mol. The van der Waals surface area contributed by atoms with Crippen LogP contribution in [0.25, 0.3) is 0 Å². The van der Waals surface area contributed by atoms with Crippen LogP contribution in [0, 0.1) is 11.3 Å². The Hall–Kier alpha value is -1.12. The number of rotatable bonds is 3. The lowest BCUT2D eigenvalue weighted by Gasteiger charge is -2.31. The number of piperidine rings is 1. The molecular formula is C13H21N3O2. The van der Waals surface area contributed by atoms with E-state index in [1.807, 2.05) is 6.92 Å². The summed E-state index contributed by atoms with van der Waals surface area (Å²) in [5.41, 5.74) is 0. The van der Waals surface area contributed by atoms with Gasteiger partial charge in [0.1, 0.15) is 6.10 Å². The molecule has 18 heavy (non-hydrogen) atoms. The molecule has 0 aromatic carbocycles. The second-order valence-electron chi connectivity index (χ2n) is 5.23. The Bertz CT molecular complexity index is 332. The van der Waals surface area contributed by atoms with E-state index in [0.29, 0.717) is 6.54 Å². The maximum Gasteiger partial charge on any atom is 0.249 e. The number of nitriles is 1. The monoisotopic (exact) mass is 251 g/mol. The molecule has 2 atom stereocenters. The van der Waals surface area contributed by atoms with Crippen LogP contribution in [0.3, 0.4) is 0 Å². The van der Waals surface area contributed by atoms with E-state index in [1.165, 1.54) is 0 Å². The lowest BCUT2D eigenvalue weighted by molar-refractivity contribution is -0.132. The molecule has 5 nitrogen and oxygen atoms in total. The molecular weight excluding hydrogens is 230 g/mol. The summed E-state index contributed by atoms with van der Waals surface area (Å²) < 4.78 is 5.56. The van der Waals surface area contributed by atoms with E-state index in [1.54, 1.807) is 0 Å². The second kappa shape index (κ2) is 6.17. The maximum absolute atomic E-state index is 12.0. The molecule has 0 radical (unpaired) electrons. The molecule has 2 rings (SSSR count). The molecule has 0 spiro atoms. The van der Waals surface area contributed by atoms with Gasteiger partial charge < -0.3 is 10.1 Å². The van der Waals surface area contributed by atoms with Gasteiger partial charge in [0, 0.05) is 19.1 Å². The second-order valence-corrected chi connectivity index (χ2v) is 5.23. The summed E-state index contributed by atoms with van der Waals surface area (Å²) in [7, 11) is 0. The average Bonchev–Trinajstić information content (AvgIpc) is 2.79. The van der Waals surface area contributed by atoms with Crippen LogP contribution in [-0.4, -0.2) is 48.7 Å². The van der Waals surface area contributed by atoms with Crippen LogP contribution in [0.2, 0.25) is 0 Å². The smallest absolute Gasteiger partial charge is 0.249 e. The number of carbonyl (C=O) groups is 1. The van der Waals surface area contributed by atoms with Crippen molar-refractivity contribution in [3.05, 3.63) is 0 Å². The molecule has 100 valence electrons. The number of carbonyl (C=O) groups excluding carboxylic acids is 1. The molecule has 2 fully saturated rings. The van der Waals surface area contributed by atoms with E-state index in [4.69, 9.17) is 10.00 Å². The summed E-state index contributed by atoms with van der Waals surface area (Å²) in [6.07, 6.45) is 3.61. The van der Waals surface area contributed by atoms with E-state index in [0.717, 1.165) is 38.8 Å². The molecule has 0 aliphatic carbocycles. The molecule has 0 aromatic rings. The van der Waals surface area contributed by atoms with E-state index < -0.39 is 0 Å². The van der Waals surface area contributed by atoms with Gasteiger partial charge in [0.15, 0.2) is 0 Å². The highest BCUT2D eigenvalue weighted by Crippen LogP contribution is 2.19. The van der Waals surface area contributed by atoms with Crippen molar-refractivity contribution in [2.24, 2.45) is 0 Å². The largest absolute Gasteiger partial charge is 0.365 e. The number of hydrogen-bond acceptors (Lipinski definition) is 4. The van der Waals surface area contributed by atoms with Crippen LogP contribution in [0.15, 0.2) is 0 Å². The maximum atomic E-state index is 12.0. The number of ether oxygens (including phenoxy) is 1. The summed E-state index contributed by atoms with van der Waals surface area (Å²) in [6, 6.07) is 2.40. The van der Waals surface area contributed by atoms with Crippen molar-refractivity contribution in [2.45, 2.75) is 50.9 Å². The fourth-order valence-electron chi connectivity index (χ4n) is 2.63. The molecule has 5 heteroatoms. The van der Waals surface area contributed by atoms with Crippen molar-refractivity contribution in [2.75, 3.05) is 19.6 Å². The first kappa shape index (κ1) is 13.3. The standard InChI is InChI=1S/C13H21N3O2/c1-10-2-3-12(18-10)13(17)15-11-4-7-16(8-5-11)9-6-14/h10-12H,2-5,7-9H2,1H3,(H,15,17). The van der Waals surface area contributed by atoms with Gasteiger partial charge in [-0.1, -0.05) is 0 Å². The summed E-state index contributed by atoms with van der Waals surface area (Å²) in [5, 5.41) is 11.7. The first-order chi connectivity index (χ1) is 8.69. The van der Waals surface area contributed by atoms with Gasteiger partial charge in [-0.2, -0.15) is 5.26 Å². The first-order valence-electron chi connectivity index (χ1n) is 6.74. The Balaban J connectivity index is 1.71. The number of likely N-dealkylation sites (tertiary alicyclic amines) is 1. The zero-order valence-electron chi connectivity index (χ0n) is 10.9. The molecule has 0 saturated carbocycles. The molecule has 2 heterocycles. The normalized spacial score (nSPS) is 30.0. The van der Waals surface area contributed by atoms with Crippen LogP contribution >= 0.6 is 0 Å². The van der Waals surface area contributed by atoms with Crippen molar-refractivity contribution < 1.29 is 9.53 Å². The van der Waals surface area contributed by atoms with Crippen LogP contribution in [-0.2, 0) is 9.53 Å². The van der Waals surface area contributed by atoms with Crippen molar-refractivity contribution in [1.29, 1.82) is 5.26 Å². The minimum absolute atomic E-state index is 0.0399. The molecule has 2 unspecified atom stereocenters. The third-order valence-electron chi connectivity index (χ3n) is 3.75. The van der Waals surface area contributed by atoms with Gasteiger partial charge in [0.05, 0.1) is 18.7 Å². The Morgan fingerprint density at radius 1 is 1.39 bits per heavy atom. The highest BCUT2D eigenvalue weighted by atomic mass is 16.5. The lowest BCUT2D eigenvalue weighted by Crippen LogP contribution is -2.47. The van der Waals surface area contributed by atoms with Crippen LogP contribution in [0.5, 0.6) is 0 Å². The Labute approximate surface area is 108 Å². The van der Waals surface area contributed by atoms with E-state index >= 15 is 0 Å². The van der Waals surface area contributed by atoms with Crippen molar-refractivity contribution in [3.63, 3.8) is 0 Å². The number of nitrogens with zero attached hydrogens (tertiary/aromatic N) is 2. The molecule has 1 N–H and O–H groups in total. The summed E-state index contributed by atoms with van der Waals surface area (Å²) >= 11 is 0. The third kappa shape index (κ3) is 3.44. The zero-order chi connectivity index (χ0) is 13.0. The molecule has 2 saturated heterocycles. The number of amides is 1. The van der Waals surface area contributed by atoms with Crippen LogP contribution in [0.4, 0.5) is 0 Å². The Morgan fingerprint density at radius 2 is 2.11 bits per heavy atom. The van der Waals surface area contributed by atoms with E-state index in [-0.39, 0.29) is 24.2 Å². The third-order valence-corrected chi connectivity index (χ3v) is 3.75. The van der Waals surface area contributed by atoms with Crippen LogP contribution in [0.1, 0.15) is 32.6 Å². The SMILES string of the molecule is CC1CCC(C(=O)NC2CCN(CC#N)CC2)O1. The van der Waals surface area contributed by atoms with E-state index in [9.17, 15) is 4.79 Å². The molecule has 2 aliphatic rings. The topological polar surface area (TPSA) is 65.4 Å². The van der Waals surface area contributed by atoms with Gasteiger partial charge in [0.25, 0.3) is 0 Å². The van der Waals surface area contributed by atoms with Crippen molar-refractivity contribution >= 4 is 5.91 Å². The fraction of sp³-hybridized carbons (Fsp3) is 0.846. The molecule has 2 aliphatic heterocycles. The molecule has 1 amide bonds. The van der Waals surface area contributed by atoms with Gasteiger partial charge in [-0.3, -0.25) is 9.69 Å². The van der Waals surface area contributed by atoms with Gasteiger partial charge in [0.2, 0.25) is 5.91 Å². The molecule has 0 bridgehead atoms. The van der Waals surface area contributed by atoms with Crippen molar-refractivity contribution in [1.82, 2.24) is 10.2 Å². The molecule has 0 aromatic heterocycles. The number of hydrogen-bond donors (Lipinski definition) is 1. The predicted octanol–water partition coefficient (Wildman–Crippen LogP) is 0.658. The lowest BCUT2D eigenvalue weighted by atomic mass is 10.0. The van der Waals surface area contributed by atoms with Gasteiger partial charge in [-0.05, 0) is 32.6 Å². The Kier molecular flexibility index (Phi) is 4.56. The van der Waals surface area contributed by atoms with Crippen LogP contribution < -0.4 is 5.32 Å². The zero-order valence-corrected chi connectivity index (χ0v) is 10.9. The van der Waals surface area contributed by atoms with Gasteiger partial charge in [-0.25, -0.2) is 0 Å². The Morgan fingerprint density at radius 3 is 2.67 bits per heavy atom. The summed E-state index contributed by atoms with van der Waals surface area (Å²) in [5.74, 6) is 0.0399. The fourth-order valence-corrected chi connectivity index (χ4v) is 2.63. The summed E-state index contributed by atoms with van der Waals surface area (Å²) in [6.45, 7) is 4.28. The minimum Gasteiger partial charge on any atom is -0.365 e. The predicted molar refractivity (Wildman–Crippen MR) is 66.8 cm³/mol. The highest BCUT2D eigenvalue weighted by Gasteiger charge is 2.30. The first-order valence-corrected chi connectivity index (χ1v) is 6.74. The highest BCUT2D eigenvalue weighted by molar-refractivity contribution is 5.81.